The molecule has 1 aromatic carbocycles. The van der Waals surface area contributed by atoms with Gasteiger partial charge >= 0.3 is 6.18 Å². The molecule has 2 amide bonds. The Morgan fingerprint density at radius 3 is 2.36 bits per heavy atom. The van der Waals surface area contributed by atoms with Crippen molar-refractivity contribution in [1.82, 2.24) is 10.6 Å². The number of primary amides is 1. The SMILES string of the molecule is NC(=O)C(NC(=O)c1cc(F)cc(C(F)(F)F)c1)C1CNC1. The molecule has 120 valence electrons. The highest BCUT2D eigenvalue weighted by Gasteiger charge is 2.34. The average Bonchev–Trinajstić information content (AvgIpc) is 2.33. The first-order valence-electron chi connectivity index (χ1n) is 6.37. The van der Waals surface area contributed by atoms with Crippen LogP contribution in [-0.4, -0.2) is 30.9 Å². The van der Waals surface area contributed by atoms with E-state index in [-0.39, 0.29) is 12.0 Å². The molecular formula is C13H13F4N3O2. The van der Waals surface area contributed by atoms with Gasteiger partial charge in [-0.3, -0.25) is 9.59 Å². The molecule has 2 rings (SSSR count). The van der Waals surface area contributed by atoms with Gasteiger partial charge < -0.3 is 16.4 Å². The summed E-state index contributed by atoms with van der Waals surface area (Å²) in [7, 11) is 0. The second kappa shape index (κ2) is 5.91. The van der Waals surface area contributed by atoms with Gasteiger partial charge in [-0.2, -0.15) is 13.2 Å². The second-order valence-corrected chi connectivity index (χ2v) is 5.00. The highest BCUT2D eigenvalue weighted by molar-refractivity contribution is 5.97. The quantitative estimate of drug-likeness (QED) is 0.713. The van der Waals surface area contributed by atoms with Gasteiger partial charge in [0.25, 0.3) is 5.91 Å². The van der Waals surface area contributed by atoms with E-state index >= 15 is 0 Å². The highest BCUT2D eigenvalue weighted by atomic mass is 19.4. The third-order valence-corrected chi connectivity index (χ3v) is 3.36. The number of hydrogen-bond acceptors (Lipinski definition) is 3. The molecule has 1 atom stereocenters. The van der Waals surface area contributed by atoms with Crippen molar-refractivity contribution in [1.29, 1.82) is 0 Å². The summed E-state index contributed by atoms with van der Waals surface area (Å²) in [6.07, 6.45) is -4.78. The number of hydrogen-bond donors (Lipinski definition) is 3. The average molecular weight is 319 g/mol. The summed E-state index contributed by atoms with van der Waals surface area (Å²) >= 11 is 0. The number of carbonyl (C=O) groups excluding carboxylic acids is 2. The molecule has 4 N–H and O–H groups in total. The van der Waals surface area contributed by atoms with Crippen LogP contribution in [0.15, 0.2) is 18.2 Å². The zero-order valence-corrected chi connectivity index (χ0v) is 11.2. The van der Waals surface area contributed by atoms with Crippen molar-refractivity contribution in [2.45, 2.75) is 12.2 Å². The first-order valence-corrected chi connectivity index (χ1v) is 6.37. The molecule has 5 nitrogen and oxygen atoms in total. The Kier molecular flexibility index (Phi) is 4.36. The Bertz CT molecular complexity index is 599. The largest absolute Gasteiger partial charge is 0.416 e. The summed E-state index contributed by atoms with van der Waals surface area (Å²) < 4.78 is 51.1. The van der Waals surface area contributed by atoms with E-state index in [1.165, 1.54) is 0 Å². The minimum absolute atomic E-state index is 0.239. The zero-order valence-electron chi connectivity index (χ0n) is 11.2. The molecule has 0 bridgehead atoms. The van der Waals surface area contributed by atoms with Gasteiger partial charge in [0.1, 0.15) is 11.9 Å². The van der Waals surface area contributed by atoms with Crippen molar-refractivity contribution in [2.24, 2.45) is 11.7 Å². The van der Waals surface area contributed by atoms with Crippen LogP contribution in [0.25, 0.3) is 0 Å². The van der Waals surface area contributed by atoms with Crippen LogP contribution in [0, 0.1) is 11.7 Å². The fourth-order valence-electron chi connectivity index (χ4n) is 2.08. The van der Waals surface area contributed by atoms with Crippen LogP contribution in [0.1, 0.15) is 15.9 Å². The van der Waals surface area contributed by atoms with E-state index in [0.717, 1.165) is 0 Å². The Hall–Kier alpha value is -2.16. The normalized spacial score (nSPS) is 16.7. The molecule has 0 radical (unpaired) electrons. The Labute approximate surface area is 122 Å². The molecule has 1 unspecified atom stereocenters. The molecule has 1 heterocycles. The van der Waals surface area contributed by atoms with Gasteiger partial charge in [0, 0.05) is 24.6 Å². The molecule has 0 aliphatic carbocycles. The Balaban J connectivity index is 2.21. The maximum atomic E-state index is 13.3. The lowest BCUT2D eigenvalue weighted by molar-refractivity contribution is -0.137. The summed E-state index contributed by atoms with van der Waals surface area (Å²) in [6, 6.07) is 0.460. The first kappa shape index (κ1) is 16.2. The molecule has 22 heavy (non-hydrogen) atoms. The van der Waals surface area contributed by atoms with Gasteiger partial charge in [0.15, 0.2) is 0 Å². The summed E-state index contributed by atoms with van der Waals surface area (Å²) in [5.41, 5.74) is 3.37. The number of carbonyl (C=O) groups is 2. The van der Waals surface area contributed by atoms with Gasteiger partial charge in [0.05, 0.1) is 5.56 Å². The topological polar surface area (TPSA) is 84.2 Å². The van der Waals surface area contributed by atoms with Crippen LogP contribution in [0.2, 0.25) is 0 Å². The van der Waals surface area contributed by atoms with E-state index in [4.69, 9.17) is 5.73 Å². The van der Waals surface area contributed by atoms with Crippen LogP contribution >= 0.6 is 0 Å². The highest BCUT2D eigenvalue weighted by Crippen LogP contribution is 2.30. The number of rotatable bonds is 4. The van der Waals surface area contributed by atoms with Crippen LogP contribution < -0.4 is 16.4 Å². The van der Waals surface area contributed by atoms with E-state index in [9.17, 15) is 27.2 Å². The van der Waals surface area contributed by atoms with Crippen molar-refractivity contribution >= 4 is 11.8 Å². The summed E-state index contributed by atoms with van der Waals surface area (Å²) in [5, 5.41) is 5.13. The maximum absolute atomic E-state index is 13.3. The van der Waals surface area contributed by atoms with Crippen molar-refractivity contribution < 1.29 is 27.2 Å². The van der Waals surface area contributed by atoms with Gasteiger partial charge in [-0.05, 0) is 18.2 Å². The lowest BCUT2D eigenvalue weighted by atomic mass is 9.93. The van der Waals surface area contributed by atoms with Crippen LogP contribution in [0.5, 0.6) is 0 Å². The molecule has 1 aliphatic heterocycles. The number of alkyl halides is 3. The second-order valence-electron chi connectivity index (χ2n) is 5.00. The Morgan fingerprint density at radius 1 is 1.27 bits per heavy atom. The molecule has 9 heteroatoms. The van der Waals surface area contributed by atoms with E-state index < -0.39 is 41.0 Å². The lowest BCUT2D eigenvalue weighted by Gasteiger charge is -2.33. The number of nitrogens with two attached hydrogens (primary N) is 1. The first-order chi connectivity index (χ1) is 10.2. The molecule has 0 aromatic heterocycles. The lowest BCUT2D eigenvalue weighted by Crippen LogP contribution is -2.59. The van der Waals surface area contributed by atoms with Crippen molar-refractivity contribution in [2.75, 3.05) is 13.1 Å². The van der Waals surface area contributed by atoms with Gasteiger partial charge in [-0.1, -0.05) is 0 Å². The van der Waals surface area contributed by atoms with E-state index in [1.54, 1.807) is 0 Å². The van der Waals surface area contributed by atoms with Crippen LogP contribution in [-0.2, 0) is 11.0 Å². The molecule has 0 spiro atoms. The minimum atomic E-state index is -4.78. The zero-order chi connectivity index (χ0) is 16.5. The smallest absolute Gasteiger partial charge is 0.368 e. The van der Waals surface area contributed by atoms with E-state index in [1.807, 2.05) is 0 Å². The van der Waals surface area contributed by atoms with Crippen molar-refractivity contribution in [3.63, 3.8) is 0 Å². The summed E-state index contributed by atoms with van der Waals surface area (Å²) in [6.45, 7) is 0.898. The van der Waals surface area contributed by atoms with Crippen LogP contribution in [0.3, 0.4) is 0 Å². The molecule has 0 saturated carbocycles. The van der Waals surface area contributed by atoms with Gasteiger partial charge in [-0.15, -0.1) is 0 Å². The monoisotopic (exact) mass is 319 g/mol. The summed E-state index contributed by atoms with van der Waals surface area (Å²) in [4.78, 5) is 23.3. The maximum Gasteiger partial charge on any atom is 0.416 e. The molecule has 1 aromatic rings. The van der Waals surface area contributed by atoms with Crippen molar-refractivity contribution in [3.8, 4) is 0 Å². The summed E-state index contributed by atoms with van der Waals surface area (Å²) in [5.74, 6) is -3.22. The standard InChI is InChI=1S/C13H13F4N3O2/c14-9-2-6(1-8(3-9)13(15,16)17)12(22)20-10(11(18)21)7-4-19-5-7/h1-3,7,10,19H,4-5H2,(H2,18,21)(H,20,22). The fourth-order valence-corrected chi connectivity index (χ4v) is 2.08. The van der Waals surface area contributed by atoms with Gasteiger partial charge in [0.2, 0.25) is 5.91 Å². The molecule has 1 aliphatic rings. The predicted molar refractivity (Wildman–Crippen MR) is 68.2 cm³/mol. The third kappa shape index (κ3) is 3.53. The number of nitrogens with one attached hydrogen (secondary N) is 2. The van der Waals surface area contributed by atoms with Crippen molar-refractivity contribution in [3.05, 3.63) is 35.1 Å². The molecule has 1 saturated heterocycles. The predicted octanol–water partition coefficient (Wildman–Crippen LogP) is 0.648. The number of benzene rings is 1. The minimum Gasteiger partial charge on any atom is -0.368 e. The third-order valence-electron chi connectivity index (χ3n) is 3.36. The molecular weight excluding hydrogens is 306 g/mol. The molecule has 1 fully saturated rings. The number of amides is 2. The Morgan fingerprint density at radius 2 is 1.91 bits per heavy atom. The van der Waals surface area contributed by atoms with Crippen LogP contribution in [0.4, 0.5) is 17.6 Å². The fraction of sp³-hybridized carbons (Fsp3) is 0.385. The van der Waals surface area contributed by atoms with E-state index in [0.29, 0.717) is 25.2 Å². The van der Waals surface area contributed by atoms with E-state index in [2.05, 4.69) is 10.6 Å². The van der Waals surface area contributed by atoms with Gasteiger partial charge in [-0.25, -0.2) is 4.39 Å². The number of halogens is 4.